The van der Waals surface area contributed by atoms with Gasteiger partial charge in [0.25, 0.3) is 0 Å². The maximum absolute atomic E-state index is 11.6. The van der Waals surface area contributed by atoms with Crippen molar-refractivity contribution in [3.63, 3.8) is 0 Å². The van der Waals surface area contributed by atoms with E-state index in [4.69, 9.17) is 10.5 Å². The van der Waals surface area contributed by atoms with Gasteiger partial charge in [-0.2, -0.15) is 0 Å². The maximum atomic E-state index is 11.6. The molecule has 18 heavy (non-hydrogen) atoms. The third kappa shape index (κ3) is 4.85. The van der Waals surface area contributed by atoms with Crippen LogP contribution >= 0.6 is 0 Å². The molecule has 100 valence electrons. The lowest BCUT2D eigenvalue weighted by Gasteiger charge is -2.16. The van der Waals surface area contributed by atoms with Gasteiger partial charge >= 0.3 is 5.97 Å². The van der Waals surface area contributed by atoms with E-state index in [9.17, 15) is 9.90 Å². The first kappa shape index (κ1) is 14.7. The van der Waals surface area contributed by atoms with Crippen molar-refractivity contribution in [2.45, 2.75) is 44.9 Å². The summed E-state index contributed by atoms with van der Waals surface area (Å²) in [6.07, 6.45) is 1.80. The SMILES string of the molecule is CCCCCC(N)OC(=O)[C@H](O)c1ccccc1. The van der Waals surface area contributed by atoms with Crippen molar-refractivity contribution in [1.82, 2.24) is 0 Å². The van der Waals surface area contributed by atoms with Gasteiger partial charge in [0.05, 0.1) is 0 Å². The van der Waals surface area contributed by atoms with E-state index in [1.54, 1.807) is 24.3 Å². The third-order valence-corrected chi connectivity index (χ3v) is 2.70. The Labute approximate surface area is 108 Å². The lowest BCUT2D eigenvalue weighted by molar-refractivity contribution is -0.159. The van der Waals surface area contributed by atoms with Crippen molar-refractivity contribution in [1.29, 1.82) is 0 Å². The van der Waals surface area contributed by atoms with Gasteiger partial charge in [-0.25, -0.2) is 4.79 Å². The van der Waals surface area contributed by atoms with Crippen molar-refractivity contribution in [2.75, 3.05) is 0 Å². The minimum absolute atomic E-state index is 0.517. The molecule has 0 spiro atoms. The van der Waals surface area contributed by atoms with Gasteiger partial charge in [0, 0.05) is 0 Å². The molecule has 1 unspecified atom stereocenters. The van der Waals surface area contributed by atoms with Crippen molar-refractivity contribution in [3.05, 3.63) is 35.9 Å². The molecular formula is C14H21NO3. The first-order valence-corrected chi connectivity index (χ1v) is 6.34. The molecule has 3 N–H and O–H groups in total. The average Bonchev–Trinajstić information content (AvgIpc) is 2.39. The van der Waals surface area contributed by atoms with Gasteiger partial charge in [0.2, 0.25) is 0 Å². The normalized spacial score (nSPS) is 13.9. The molecule has 0 radical (unpaired) electrons. The predicted octanol–water partition coefficient (Wildman–Crippen LogP) is 2.13. The molecular weight excluding hydrogens is 230 g/mol. The number of esters is 1. The maximum Gasteiger partial charge on any atom is 0.341 e. The molecule has 4 heteroatoms. The molecule has 1 aromatic carbocycles. The van der Waals surface area contributed by atoms with E-state index in [2.05, 4.69) is 6.92 Å². The highest BCUT2D eigenvalue weighted by atomic mass is 16.6. The Morgan fingerprint density at radius 3 is 2.61 bits per heavy atom. The molecule has 0 aromatic heterocycles. The number of nitrogens with two attached hydrogens (primary N) is 1. The Bertz CT molecular complexity index is 353. The summed E-state index contributed by atoms with van der Waals surface area (Å²) < 4.78 is 5.00. The number of carbonyl (C=O) groups is 1. The first-order valence-electron chi connectivity index (χ1n) is 6.34. The topological polar surface area (TPSA) is 72.5 Å². The van der Waals surface area contributed by atoms with Crippen LogP contribution in [0.1, 0.15) is 44.3 Å². The summed E-state index contributed by atoms with van der Waals surface area (Å²) >= 11 is 0. The van der Waals surface area contributed by atoms with E-state index in [-0.39, 0.29) is 0 Å². The number of hydrogen-bond acceptors (Lipinski definition) is 4. The zero-order valence-electron chi connectivity index (χ0n) is 10.7. The summed E-state index contributed by atoms with van der Waals surface area (Å²) in [5.41, 5.74) is 6.19. The highest BCUT2D eigenvalue weighted by Crippen LogP contribution is 2.15. The minimum atomic E-state index is -1.26. The molecule has 0 saturated carbocycles. The van der Waals surface area contributed by atoms with Crippen LogP contribution in [0.5, 0.6) is 0 Å². The molecule has 1 aromatic rings. The summed E-state index contributed by atoms with van der Waals surface area (Å²) in [5, 5.41) is 9.78. The second-order valence-corrected chi connectivity index (χ2v) is 4.28. The Balaban J connectivity index is 2.40. The van der Waals surface area contributed by atoms with Crippen LogP contribution in [-0.2, 0) is 9.53 Å². The lowest BCUT2D eigenvalue weighted by Crippen LogP contribution is -2.29. The molecule has 2 atom stereocenters. The number of aliphatic hydroxyl groups is 1. The minimum Gasteiger partial charge on any atom is -0.445 e. The first-order chi connectivity index (χ1) is 8.65. The predicted molar refractivity (Wildman–Crippen MR) is 69.6 cm³/mol. The van der Waals surface area contributed by atoms with Gasteiger partial charge in [0.1, 0.15) is 0 Å². The quantitative estimate of drug-likeness (QED) is 0.442. The standard InChI is InChI=1S/C14H21NO3/c1-2-3-5-10-12(15)18-14(17)13(16)11-8-6-4-7-9-11/h4,6-9,12-13,16H,2-3,5,10,15H2,1H3/t12?,13-/m1/s1. The van der Waals surface area contributed by atoms with Gasteiger partial charge < -0.3 is 9.84 Å². The van der Waals surface area contributed by atoms with E-state index in [1.807, 2.05) is 6.07 Å². The monoisotopic (exact) mass is 251 g/mol. The van der Waals surface area contributed by atoms with E-state index in [0.717, 1.165) is 19.3 Å². The Hall–Kier alpha value is -1.39. The Morgan fingerprint density at radius 1 is 1.33 bits per heavy atom. The van der Waals surface area contributed by atoms with Crippen LogP contribution in [0.3, 0.4) is 0 Å². The van der Waals surface area contributed by atoms with E-state index >= 15 is 0 Å². The molecule has 0 aliphatic heterocycles. The van der Waals surface area contributed by atoms with Gasteiger partial charge in [-0.1, -0.05) is 50.1 Å². The average molecular weight is 251 g/mol. The molecule has 0 fully saturated rings. The van der Waals surface area contributed by atoms with Crippen molar-refractivity contribution >= 4 is 5.97 Å². The molecule has 0 bridgehead atoms. The van der Waals surface area contributed by atoms with Crippen LogP contribution in [0.25, 0.3) is 0 Å². The molecule has 4 nitrogen and oxygen atoms in total. The van der Waals surface area contributed by atoms with Crippen LogP contribution in [0.4, 0.5) is 0 Å². The van der Waals surface area contributed by atoms with Crippen molar-refractivity contribution in [3.8, 4) is 0 Å². The number of unbranched alkanes of at least 4 members (excludes halogenated alkanes) is 2. The van der Waals surface area contributed by atoms with E-state index in [0.29, 0.717) is 12.0 Å². The van der Waals surface area contributed by atoms with Gasteiger partial charge in [-0.3, -0.25) is 5.73 Å². The van der Waals surface area contributed by atoms with Crippen LogP contribution in [0.15, 0.2) is 30.3 Å². The number of carbonyl (C=O) groups excluding carboxylic acids is 1. The number of hydrogen-bond donors (Lipinski definition) is 2. The molecule has 1 rings (SSSR count). The smallest absolute Gasteiger partial charge is 0.341 e. The number of rotatable bonds is 7. The Kier molecular flexibility index (Phi) is 6.39. The van der Waals surface area contributed by atoms with Crippen LogP contribution < -0.4 is 5.73 Å². The molecule has 0 aliphatic rings. The molecule has 0 heterocycles. The van der Waals surface area contributed by atoms with E-state index in [1.165, 1.54) is 0 Å². The van der Waals surface area contributed by atoms with Crippen LogP contribution in [0, 0.1) is 0 Å². The number of benzene rings is 1. The molecule has 0 aliphatic carbocycles. The molecule has 0 amide bonds. The third-order valence-electron chi connectivity index (χ3n) is 2.70. The van der Waals surface area contributed by atoms with Crippen molar-refractivity contribution < 1.29 is 14.6 Å². The van der Waals surface area contributed by atoms with E-state index < -0.39 is 18.3 Å². The number of aliphatic hydroxyl groups excluding tert-OH is 1. The highest BCUT2D eigenvalue weighted by Gasteiger charge is 2.20. The highest BCUT2D eigenvalue weighted by molar-refractivity contribution is 5.76. The largest absolute Gasteiger partial charge is 0.445 e. The summed E-state index contributed by atoms with van der Waals surface area (Å²) in [6.45, 7) is 2.09. The Morgan fingerprint density at radius 2 is 2.00 bits per heavy atom. The van der Waals surface area contributed by atoms with Gasteiger partial charge in [-0.15, -0.1) is 0 Å². The lowest BCUT2D eigenvalue weighted by atomic mass is 10.1. The summed E-state index contributed by atoms with van der Waals surface area (Å²) in [6, 6.07) is 8.68. The second-order valence-electron chi connectivity index (χ2n) is 4.28. The second kappa shape index (κ2) is 7.84. The fraction of sp³-hybridized carbons (Fsp3) is 0.500. The van der Waals surface area contributed by atoms with Crippen LogP contribution in [-0.4, -0.2) is 17.3 Å². The zero-order chi connectivity index (χ0) is 13.4. The van der Waals surface area contributed by atoms with Crippen LogP contribution in [0.2, 0.25) is 0 Å². The fourth-order valence-electron chi connectivity index (χ4n) is 1.64. The fourth-order valence-corrected chi connectivity index (χ4v) is 1.64. The van der Waals surface area contributed by atoms with Gasteiger partial charge in [0.15, 0.2) is 12.3 Å². The summed E-state index contributed by atoms with van der Waals surface area (Å²) in [4.78, 5) is 11.6. The molecule has 0 saturated heterocycles. The van der Waals surface area contributed by atoms with Crippen molar-refractivity contribution in [2.24, 2.45) is 5.73 Å². The summed E-state index contributed by atoms with van der Waals surface area (Å²) in [7, 11) is 0. The summed E-state index contributed by atoms with van der Waals surface area (Å²) in [5.74, 6) is -0.690. The van der Waals surface area contributed by atoms with Gasteiger partial charge in [-0.05, 0) is 18.4 Å². The zero-order valence-corrected chi connectivity index (χ0v) is 10.7. The number of ether oxygens (including phenoxy) is 1.